The van der Waals surface area contributed by atoms with Crippen LogP contribution < -0.4 is 11.1 Å². The SMILES string of the molecule is CCn1c2ccccc2c2cc(C=CC(=O)NCC(C)(C)C(N)=O)ccc21. The number of benzene rings is 2. The Kier molecular flexibility index (Phi) is 5.04. The van der Waals surface area contributed by atoms with E-state index in [-0.39, 0.29) is 12.5 Å². The highest BCUT2D eigenvalue weighted by Gasteiger charge is 2.24. The Morgan fingerprint density at radius 3 is 2.52 bits per heavy atom. The van der Waals surface area contributed by atoms with Crippen molar-refractivity contribution in [3.05, 3.63) is 54.1 Å². The molecule has 140 valence electrons. The molecule has 0 bridgehead atoms. The van der Waals surface area contributed by atoms with E-state index in [9.17, 15) is 9.59 Å². The van der Waals surface area contributed by atoms with E-state index in [1.165, 1.54) is 27.9 Å². The van der Waals surface area contributed by atoms with Crippen molar-refractivity contribution >= 4 is 39.7 Å². The van der Waals surface area contributed by atoms with Crippen molar-refractivity contribution in [2.75, 3.05) is 6.54 Å². The number of nitrogens with one attached hydrogen (secondary N) is 1. The summed E-state index contributed by atoms with van der Waals surface area (Å²) in [7, 11) is 0. The van der Waals surface area contributed by atoms with E-state index < -0.39 is 11.3 Å². The van der Waals surface area contributed by atoms with Gasteiger partial charge in [-0.3, -0.25) is 9.59 Å². The lowest BCUT2D eigenvalue weighted by Crippen LogP contribution is -2.41. The van der Waals surface area contributed by atoms with Gasteiger partial charge in [0.15, 0.2) is 0 Å². The van der Waals surface area contributed by atoms with Crippen LogP contribution in [0.3, 0.4) is 0 Å². The molecule has 2 aromatic carbocycles. The summed E-state index contributed by atoms with van der Waals surface area (Å²) in [5, 5.41) is 5.10. The van der Waals surface area contributed by atoms with Gasteiger partial charge in [-0.25, -0.2) is 0 Å². The summed E-state index contributed by atoms with van der Waals surface area (Å²) in [5.74, 6) is -0.690. The number of nitrogens with two attached hydrogens (primary N) is 1. The maximum atomic E-state index is 12.1. The van der Waals surface area contributed by atoms with Crippen LogP contribution in [0, 0.1) is 5.41 Å². The Morgan fingerprint density at radius 2 is 1.81 bits per heavy atom. The van der Waals surface area contributed by atoms with Crippen molar-refractivity contribution in [1.82, 2.24) is 9.88 Å². The van der Waals surface area contributed by atoms with Gasteiger partial charge in [0, 0.05) is 41.0 Å². The second-order valence-electron chi connectivity index (χ2n) is 7.34. The number of fused-ring (bicyclic) bond motifs is 3. The molecule has 1 heterocycles. The smallest absolute Gasteiger partial charge is 0.244 e. The maximum Gasteiger partial charge on any atom is 0.244 e. The highest BCUT2D eigenvalue weighted by molar-refractivity contribution is 6.08. The molecular formula is C22H25N3O2. The summed E-state index contributed by atoms with van der Waals surface area (Å²) < 4.78 is 2.29. The van der Waals surface area contributed by atoms with Gasteiger partial charge in [0.25, 0.3) is 0 Å². The first kappa shape index (κ1) is 18.7. The summed E-state index contributed by atoms with van der Waals surface area (Å²) in [4.78, 5) is 23.4. The molecule has 0 aliphatic heterocycles. The van der Waals surface area contributed by atoms with Gasteiger partial charge in [-0.2, -0.15) is 0 Å². The molecule has 5 heteroatoms. The largest absolute Gasteiger partial charge is 0.369 e. The second-order valence-corrected chi connectivity index (χ2v) is 7.34. The van der Waals surface area contributed by atoms with Crippen molar-refractivity contribution < 1.29 is 9.59 Å². The predicted octanol–water partition coefficient (Wildman–Crippen LogP) is 3.46. The maximum absolute atomic E-state index is 12.1. The van der Waals surface area contributed by atoms with Gasteiger partial charge in [-0.05, 0) is 50.6 Å². The summed E-state index contributed by atoms with van der Waals surface area (Å²) in [6.45, 7) is 6.65. The van der Waals surface area contributed by atoms with Gasteiger partial charge >= 0.3 is 0 Å². The molecule has 0 atom stereocenters. The number of primary amides is 1. The first-order chi connectivity index (χ1) is 12.8. The number of nitrogens with zero attached hydrogens (tertiary/aromatic N) is 1. The average molecular weight is 363 g/mol. The molecule has 0 saturated heterocycles. The Balaban J connectivity index is 1.83. The van der Waals surface area contributed by atoms with Crippen LogP contribution in [0.2, 0.25) is 0 Å². The molecule has 3 N–H and O–H groups in total. The van der Waals surface area contributed by atoms with Gasteiger partial charge in [0.05, 0.1) is 5.41 Å². The lowest BCUT2D eigenvalue weighted by molar-refractivity contribution is -0.126. The van der Waals surface area contributed by atoms with Crippen LogP contribution in [-0.4, -0.2) is 22.9 Å². The second kappa shape index (κ2) is 7.27. The molecular weight excluding hydrogens is 338 g/mol. The first-order valence-corrected chi connectivity index (χ1v) is 9.10. The average Bonchev–Trinajstić information content (AvgIpc) is 2.97. The highest BCUT2D eigenvalue weighted by atomic mass is 16.2. The van der Waals surface area contributed by atoms with Crippen LogP contribution in [-0.2, 0) is 16.1 Å². The lowest BCUT2D eigenvalue weighted by atomic mass is 9.93. The molecule has 0 saturated carbocycles. The molecule has 2 amide bonds. The summed E-state index contributed by atoms with van der Waals surface area (Å²) in [5.41, 5.74) is 7.89. The topological polar surface area (TPSA) is 77.1 Å². The third kappa shape index (κ3) is 3.72. The summed E-state index contributed by atoms with van der Waals surface area (Å²) in [6, 6.07) is 14.5. The molecule has 1 aromatic heterocycles. The fourth-order valence-electron chi connectivity index (χ4n) is 3.14. The monoisotopic (exact) mass is 363 g/mol. The number of rotatable bonds is 6. The molecule has 0 spiro atoms. The van der Waals surface area contributed by atoms with Crippen LogP contribution in [0.4, 0.5) is 0 Å². The van der Waals surface area contributed by atoms with Crippen molar-refractivity contribution in [3.8, 4) is 0 Å². The minimum absolute atomic E-state index is 0.203. The van der Waals surface area contributed by atoms with E-state index >= 15 is 0 Å². The van der Waals surface area contributed by atoms with Gasteiger partial charge in [0.2, 0.25) is 11.8 Å². The van der Waals surface area contributed by atoms with E-state index in [2.05, 4.69) is 41.1 Å². The minimum Gasteiger partial charge on any atom is -0.369 e. The Hall–Kier alpha value is -3.08. The van der Waals surface area contributed by atoms with Crippen molar-refractivity contribution in [1.29, 1.82) is 0 Å². The third-order valence-electron chi connectivity index (χ3n) is 4.91. The third-order valence-corrected chi connectivity index (χ3v) is 4.91. The van der Waals surface area contributed by atoms with E-state index in [4.69, 9.17) is 5.73 Å². The Bertz CT molecular complexity index is 1040. The minimum atomic E-state index is -0.773. The van der Waals surface area contributed by atoms with Crippen LogP contribution in [0.15, 0.2) is 48.5 Å². The zero-order valence-electron chi connectivity index (χ0n) is 16.0. The molecule has 0 radical (unpaired) electrons. The molecule has 3 aromatic rings. The lowest BCUT2D eigenvalue weighted by Gasteiger charge is -2.20. The summed E-state index contributed by atoms with van der Waals surface area (Å²) in [6.07, 6.45) is 3.27. The number of hydrogen-bond acceptors (Lipinski definition) is 2. The normalized spacial score (nSPS) is 12.1. The van der Waals surface area contributed by atoms with Crippen molar-refractivity contribution in [3.63, 3.8) is 0 Å². The van der Waals surface area contributed by atoms with Crippen LogP contribution in [0.1, 0.15) is 26.3 Å². The number of carbonyl (C=O) groups is 2. The number of carbonyl (C=O) groups excluding carboxylic acids is 2. The van der Waals surface area contributed by atoms with Gasteiger partial charge in [-0.1, -0.05) is 24.3 Å². The van der Waals surface area contributed by atoms with Crippen LogP contribution in [0.5, 0.6) is 0 Å². The van der Waals surface area contributed by atoms with Crippen molar-refractivity contribution in [2.45, 2.75) is 27.3 Å². The quantitative estimate of drug-likeness (QED) is 0.658. The molecule has 0 aliphatic rings. The van der Waals surface area contributed by atoms with Gasteiger partial charge in [0.1, 0.15) is 0 Å². The van der Waals surface area contributed by atoms with Gasteiger partial charge in [-0.15, -0.1) is 0 Å². The van der Waals surface area contributed by atoms with E-state index in [0.29, 0.717) is 0 Å². The number of para-hydroxylation sites is 1. The zero-order chi connectivity index (χ0) is 19.6. The van der Waals surface area contributed by atoms with E-state index in [0.717, 1.165) is 12.1 Å². The fraction of sp³-hybridized carbons (Fsp3) is 0.273. The number of aromatic nitrogens is 1. The van der Waals surface area contributed by atoms with Crippen molar-refractivity contribution in [2.24, 2.45) is 11.1 Å². The zero-order valence-corrected chi connectivity index (χ0v) is 16.0. The molecule has 0 unspecified atom stereocenters. The van der Waals surface area contributed by atoms with E-state index in [1.807, 2.05) is 18.2 Å². The first-order valence-electron chi connectivity index (χ1n) is 9.10. The Labute approximate surface area is 158 Å². The number of amides is 2. The van der Waals surface area contributed by atoms with Gasteiger partial charge < -0.3 is 15.6 Å². The van der Waals surface area contributed by atoms with Crippen LogP contribution >= 0.6 is 0 Å². The number of aryl methyl sites for hydroxylation is 1. The summed E-state index contributed by atoms with van der Waals surface area (Å²) >= 11 is 0. The molecule has 27 heavy (non-hydrogen) atoms. The van der Waals surface area contributed by atoms with Crippen LogP contribution in [0.25, 0.3) is 27.9 Å². The number of hydrogen-bond donors (Lipinski definition) is 2. The predicted molar refractivity (Wildman–Crippen MR) is 110 cm³/mol. The highest BCUT2D eigenvalue weighted by Crippen LogP contribution is 2.29. The molecule has 0 fully saturated rings. The van der Waals surface area contributed by atoms with E-state index in [1.54, 1.807) is 19.9 Å². The fourth-order valence-corrected chi connectivity index (χ4v) is 3.14. The standard InChI is InChI=1S/C22H25N3O2/c1-4-25-18-8-6-5-7-16(18)17-13-15(9-11-19(17)25)10-12-20(26)24-14-22(2,3)21(23)27/h5-13H,4,14H2,1-3H3,(H2,23,27)(H,24,26). The molecule has 0 aliphatic carbocycles. The molecule has 3 rings (SSSR count). The Morgan fingerprint density at radius 1 is 1.11 bits per heavy atom. The molecule has 5 nitrogen and oxygen atoms in total.